The number of unbranched alkanes of at least 4 members (excludes halogenated alkanes) is 32. The summed E-state index contributed by atoms with van der Waals surface area (Å²) in [5.74, 6) is 0. The molecule has 0 fully saturated rings. The molecule has 1 unspecified atom stereocenters. The van der Waals surface area contributed by atoms with Gasteiger partial charge in [0, 0.05) is 25.5 Å². The normalized spacial score (nSPS) is 14.7. The minimum Gasteiger partial charge on any atom is -0.356 e. The molecule has 46 heavy (non-hydrogen) atoms. The summed E-state index contributed by atoms with van der Waals surface area (Å²) >= 11 is 0. The molecule has 0 amide bonds. The van der Waals surface area contributed by atoms with Crippen LogP contribution >= 0.6 is 0 Å². The van der Waals surface area contributed by atoms with Crippen LogP contribution in [0.25, 0.3) is 0 Å². The highest BCUT2D eigenvalue weighted by Crippen LogP contribution is 2.24. The summed E-state index contributed by atoms with van der Waals surface area (Å²) in [6.45, 7) is 9.47. The van der Waals surface area contributed by atoms with Crippen LogP contribution in [-0.2, 0) is 0 Å². The Morgan fingerprint density at radius 2 is 0.500 bits per heavy atom. The van der Waals surface area contributed by atoms with Crippen LogP contribution in [0.2, 0.25) is 0 Å². The van der Waals surface area contributed by atoms with Crippen molar-refractivity contribution in [2.24, 2.45) is 0 Å². The lowest BCUT2D eigenvalue weighted by Gasteiger charge is -2.33. The Morgan fingerprint density at radius 1 is 0.283 bits per heavy atom. The fourth-order valence-electron chi connectivity index (χ4n) is 7.60. The molecule has 0 aromatic carbocycles. The van der Waals surface area contributed by atoms with Gasteiger partial charge in [0.2, 0.25) is 0 Å². The van der Waals surface area contributed by atoms with E-state index in [9.17, 15) is 0 Å². The quantitative estimate of drug-likeness (QED) is 0.0617. The van der Waals surface area contributed by atoms with Crippen molar-refractivity contribution in [2.75, 3.05) is 13.1 Å². The average molecular weight is 645 g/mol. The van der Waals surface area contributed by atoms with Gasteiger partial charge in [0.05, 0.1) is 0 Å². The summed E-state index contributed by atoms with van der Waals surface area (Å²) in [4.78, 5) is 5.40. The molecule has 0 spiro atoms. The minimum atomic E-state index is 0.639. The maximum absolute atomic E-state index is 2.71. The van der Waals surface area contributed by atoms with Crippen molar-refractivity contribution in [3.63, 3.8) is 0 Å². The predicted octanol–water partition coefficient (Wildman–Crippen LogP) is 15.5. The predicted molar refractivity (Wildman–Crippen MR) is 210 cm³/mol. The summed E-state index contributed by atoms with van der Waals surface area (Å²) in [5, 5.41) is 0. The van der Waals surface area contributed by atoms with E-state index in [4.69, 9.17) is 0 Å². The van der Waals surface area contributed by atoms with Gasteiger partial charge in [-0.2, -0.15) is 0 Å². The molecule has 0 saturated heterocycles. The number of hydrogen-bond acceptors (Lipinski definition) is 2. The Hall–Kier alpha value is -0.660. The van der Waals surface area contributed by atoms with Crippen molar-refractivity contribution in [2.45, 2.75) is 258 Å². The monoisotopic (exact) mass is 645 g/mol. The Morgan fingerprint density at radius 3 is 0.804 bits per heavy atom. The summed E-state index contributed by atoms with van der Waals surface area (Å²) in [6, 6.07) is 0. The van der Waals surface area contributed by atoms with Gasteiger partial charge in [-0.05, 0) is 25.7 Å². The van der Waals surface area contributed by atoms with Crippen LogP contribution in [0, 0.1) is 0 Å². The van der Waals surface area contributed by atoms with Crippen LogP contribution in [0.3, 0.4) is 0 Å². The van der Waals surface area contributed by atoms with E-state index in [1.54, 1.807) is 0 Å². The second-order valence-electron chi connectivity index (χ2n) is 15.4. The fourth-order valence-corrected chi connectivity index (χ4v) is 7.60. The number of hydrogen-bond donors (Lipinski definition) is 0. The molecule has 0 aliphatic carbocycles. The largest absolute Gasteiger partial charge is 0.356 e. The molecule has 1 aliphatic rings. The first-order chi connectivity index (χ1) is 22.8. The van der Waals surface area contributed by atoms with E-state index in [0.29, 0.717) is 6.17 Å². The van der Waals surface area contributed by atoms with Crippen molar-refractivity contribution in [1.82, 2.24) is 9.80 Å². The van der Waals surface area contributed by atoms with Gasteiger partial charge in [0.15, 0.2) is 0 Å². The van der Waals surface area contributed by atoms with Gasteiger partial charge >= 0.3 is 0 Å². The van der Waals surface area contributed by atoms with Gasteiger partial charge in [-0.1, -0.05) is 226 Å². The zero-order chi connectivity index (χ0) is 33.0. The van der Waals surface area contributed by atoms with E-state index in [1.807, 2.05) is 0 Å². The Kier molecular flexibility index (Phi) is 33.6. The maximum Gasteiger partial charge on any atom is 0.101 e. The van der Waals surface area contributed by atoms with Crippen LogP contribution in [0.4, 0.5) is 0 Å². The van der Waals surface area contributed by atoms with Gasteiger partial charge in [-0.3, -0.25) is 0 Å². The van der Waals surface area contributed by atoms with Gasteiger partial charge < -0.3 is 9.80 Å². The lowest BCUT2D eigenvalue weighted by molar-refractivity contribution is 0.135. The zero-order valence-corrected chi connectivity index (χ0v) is 32.5. The lowest BCUT2D eigenvalue weighted by Crippen LogP contribution is -2.39. The van der Waals surface area contributed by atoms with E-state index in [-0.39, 0.29) is 0 Å². The molecular formula is C44H88N2. The van der Waals surface area contributed by atoms with Crippen molar-refractivity contribution < 1.29 is 0 Å². The fraction of sp³-hybridized carbons (Fsp3) is 0.955. The molecular weight excluding hydrogens is 556 g/mol. The summed E-state index contributed by atoms with van der Waals surface area (Å²) in [6.07, 6.45) is 57.5. The summed E-state index contributed by atoms with van der Waals surface area (Å²) < 4.78 is 0. The van der Waals surface area contributed by atoms with Crippen molar-refractivity contribution in [3.8, 4) is 0 Å². The molecule has 2 nitrogen and oxygen atoms in total. The summed E-state index contributed by atoms with van der Waals surface area (Å²) in [5.41, 5.74) is 0. The van der Waals surface area contributed by atoms with Crippen LogP contribution in [0.1, 0.15) is 252 Å². The third-order valence-electron chi connectivity index (χ3n) is 10.8. The molecule has 1 rings (SSSR count). The summed E-state index contributed by atoms with van der Waals surface area (Å²) in [7, 11) is 0. The molecule has 0 bridgehead atoms. The second kappa shape index (κ2) is 35.6. The highest BCUT2D eigenvalue weighted by atomic mass is 15.4. The Bertz CT molecular complexity index is 601. The van der Waals surface area contributed by atoms with Gasteiger partial charge in [0.1, 0.15) is 6.17 Å². The Labute approximate surface area is 292 Å². The Balaban J connectivity index is 2.03. The third kappa shape index (κ3) is 27.3. The molecule has 1 aliphatic heterocycles. The molecule has 0 radical (unpaired) electrons. The van der Waals surface area contributed by atoms with E-state index >= 15 is 0 Å². The van der Waals surface area contributed by atoms with Crippen molar-refractivity contribution in [3.05, 3.63) is 12.4 Å². The molecule has 0 saturated carbocycles. The first-order valence-electron chi connectivity index (χ1n) is 22.0. The van der Waals surface area contributed by atoms with E-state index in [1.165, 1.54) is 244 Å². The highest BCUT2D eigenvalue weighted by molar-refractivity contribution is 4.97. The molecule has 1 heterocycles. The van der Waals surface area contributed by atoms with Crippen LogP contribution in [0.15, 0.2) is 12.4 Å². The topological polar surface area (TPSA) is 6.48 Å². The lowest BCUT2D eigenvalue weighted by atomic mass is 10.0. The molecule has 2 heteroatoms. The minimum absolute atomic E-state index is 0.639. The second-order valence-corrected chi connectivity index (χ2v) is 15.4. The first kappa shape index (κ1) is 43.4. The van der Waals surface area contributed by atoms with Crippen molar-refractivity contribution >= 4 is 0 Å². The number of nitrogens with zero attached hydrogens (tertiary/aromatic N) is 2. The van der Waals surface area contributed by atoms with Gasteiger partial charge in [-0.25, -0.2) is 0 Å². The first-order valence-corrected chi connectivity index (χ1v) is 22.0. The standard InChI is InChI=1S/C44H88N2/c1-4-7-10-12-14-16-18-20-22-24-26-28-30-32-34-36-39-44-45(40-37-9-6-3)42-43-46(44)41-38-35-33-31-29-27-25-23-21-19-17-15-13-11-8-5-2/h42-44H,4-41H2,1-3H3. The van der Waals surface area contributed by atoms with E-state index < -0.39 is 0 Å². The smallest absolute Gasteiger partial charge is 0.101 e. The molecule has 1 atom stereocenters. The van der Waals surface area contributed by atoms with Gasteiger partial charge in [-0.15, -0.1) is 0 Å². The van der Waals surface area contributed by atoms with Crippen LogP contribution < -0.4 is 0 Å². The maximum atomic E-state index is 2.71. The molecule has 0 aromatic heterocycles. The van der Waals surface area contributed by atoms with E-state index in [0.717, 1.165) is 0 Å². The SMILES string of the molecule is CCCCCCCCCCCCCCCCCCC1N(CCCCC)C=CN1CCCCCCCCCCCCCCCCCC. The van der Waals surface area contributed by atoms with Crippen LogP contribution in [0.5, 0.6) is 0 Å². The van der Waals surface area contributed by atoms with E-state index in [2.05, 4.69) is 43.0 Å². The van der Waals surface area contributed by atoms with Crippen LogP contribution in [-0.4, -0.2) is 29.1 Å². The van der Waals surface area contributed by atoms with Crippen molar-refractivity contribution in [1.29, 1.82) is 0 Å². The highest BCUT2D eigenvalue weighted by Gasteiger charge is 2.24. The number of rotatable bonds is 38. The van der Waals surface area contributed by atoms with Gasteiger partial charge in [0.25, 0.3) is 0 Å². The molecule has 274 valence electrons. The average Bonchev–Trinajstić information content (AvgIpc) is 3.45. The third-order valence-corrected chi connectivity index (χ3v) is 10.8. The zero-order valence-electron chi connectivity index (χ0n) is 32.5. The molecule has 0 N–H and O–H groups in total. The molecule has 0 aromatic rings.